The number of aryl methyl sites for hydroxylation is 1. The topological polar surface area (TPSA) is 107 Å². The van der Waals surface area contributed by atoms with Gasteiger partial charge in [-0.25, -0.2) is 0 Å². The van der Waals surface area contributed by atoms with E-state index < -0.39 is 5.92 Å². The molecule has 2 heterocycles. The summed E-state index contributed by atoms with van der Waals surface area (Å²) in [6.07, 6.45) is 1.51. The molecule has 3 aromatic rings. The number of hydrogen-bond donors (Lipinski definition) is 3. The summed E-state index contributed by atoms with van der Waals surface area (Å²) in [5.41, 5.74) is 3.69. The fourth-order valence-electron chi connectivity index (χ4n) is 3.85. The highest BCUT2D eigenvalue weighted by molar-refractivity contribution is 8.03. The second kappa shape index (κ2) is 10.8. The van der Waals surface area contributed by atoms with E-state index in [0.717, 1.165) is 5.56 Å². The Kier molecular flexibility index (Phi) is 7.38. The van der Waals surface area contributed by atoms with Gasteiger partial charge in [-0.05, 0) is 55.8 Å². The van der Waals surface area contributed by atoms with E-state index in [0.29, 0.717) is 39.0 Å². The number of carbonyl (C=O) groups excluding carboxylic acids is 2. The van der Waals surface area contributed by atoms with Crippen molar-refractivity contribution in [2.45, 2.75) is 19.8 Å². The number of nitriles is 1. The van der Waals surface area contributed by atoms with Gasteiger partial charge in [0.25, 0.3) is 5.91 Å². The molecule has 1 aliphatic rings. The molecule has 0 fully saturated rings. The highest BCUT2D eigenvalue weighted by atomic mass is 32.2. The molecular formula is C27H24N4O3S. The van der Waals surface area contributed by atoms with Crippen LogP contribution in [0.4, 0.5) is 11.4 Å². The summed E-state index contributed by atoms with van der Waals surface area (Å²) in [7, 11) is 0. The van der Waals surface area contributed by atoms with E-state index in [4.69, 9.17) is 4.42 Å². The summed E-state index contributed by atoms with van der Waals surface area (Å²) in [6, 6.07) is 22.3. The van der Waals surface area contributed by atoms with Crippen LogP contribution in [0.5, 0.6) is 0 Å². The summed E-state index contributed by atoms with van der Waals surface area (Å²) < 4.78 is 5.63. The number of hydrogen-bond acceptors (Lipinski definition) is 6. The van der Waals surface area contributed by atoms with Crippen molar-refractivity contribution in [3.8, 4) is 6.07 Å². The second-order valence-corrected chi connectivity index (χ2v) is 8.98. The minimum absolute atomic E-state index is 0.0884. The maximum atomic E-state index is 13.3. The zero-order chi connectivity index (χ0) is 24.8. The highest BCUT2D eigenvalue weighted by Crippen LogP contribution is 2.41. The Bertz CT molecular complexity index is 1340. The molecule has 0 saturated carbocycles. The van der Waals surface area contributed by atoms with E-state index in [1.165, 1.54) is 18.0 Å². The van der Waals surface area contributed by atoms with Crippen LogP contribution in [0.3, 0.4) is 0 Å². The van der Waals surface area contributed by atoms with Gasteiger partial charge in [0.1, 0.15) is 5.76 Å². The fourth-order valence-corrected chi connectivity index (χ4v) is 4.74. The maximum Gasteiger partial charge on any atom is 0.254 e. The predicted molar refractivity (Wildman–Crippen MR) is 137 cm³/mol. The number of dihydropyridines is 1. The van der Waals surface area contributed by atoms with Crippen LogP contribution >= 0.6 is 11.8 Å². The van der Waals surface area contributed by atoms with Crippen LogP contribution in [0.2, 0.25) is 0 Å². The number of para-hydroxylation sites is 1. The molecule has 0 radical (unpaired) electrons. The van der Waals surface area contributed by atoms with Gasteiger partial charge < -0.3 is 20.4 Å². The first-order valence-electron chi connectivity index (χ1n) is 11.0. The van der Waals surface area contributed by atoms with Gasteiger partial charge in [0.05, 0.1) is 40.2 Å². The van der Waals surface area contributed by atoms with Gasteiger partial charge in [0.2, 0.25) is 5.91 Å². The molecule has 7 nitrogen and oxygen atoms in total. The molecule has 1 atom stereocenters. The fraction of sp³-hybridized carbons (Fsp3) is 0.148. The quantitative estimate of drug-likeness (QED) is 0.420. The van der Waals surface area contributed by atoms with Gasteiger partial charge in [-0.15, -0.1) is 0 Å². The third-order valence-electron chi connectivity index (χ3n) is 5.40. The number of nitrogens with one attached hydrogen (secondary N) is 3. The molecule has 2 amide bonds. The monoisotopic (exact) mass is 484 g/mol. The summed E-state index contributed by atoms with van der Waals surface area (Å²) in [5.74, 6) is -0.677. The van der Waals surface area contributed by atoms with Crippen molar-refractivity contribution in [2.75, 3.05) is 16.4 Å². The number of anilines is 2. The third-order valence-corrected chi connectivity index (χ3v) is 6.42. The van der Waals surface area contributed by atoms with Crippen molar-refractivity contribution in [3.63, 3.8) is 0 Å². The van der Waals surface area contributed by atoms with Gasteiger partial charge in [0.15, 0.2) is 0 Å². The molecule has 4 rings (SSSR count). The van der Waals surface area contributed by atoms with E-state index >= 15 is 0 Å². The van der Waals surface area contributed by atoms with Crippen molar-refractivity contribution < 1.29 is 14.0 Å². The lowest BCUT2D eigenvalue weighted by Crippen LogP contribution is -2.31. The average molecular weight is 485 g/mol. The van der Waals surface area contributed by atoms with Crippen LogP contribution in [0.1, 0.15) is 24.2 Å². The number of rotatable bonds is 7. The van der Waals surface area contributed by atoms with Crippen LogP contribution in [-0.4, -0.2) is 17.6 Å². The van der Waals surface area contributed by atoms with Crippen LogP contribution in [-0.2, 0) is 9.59 Å². The number of nitrogens with zero attached hydrogens (tertiary/aromatic N) is 1. The van der Waals surface area contributed by atoms with E-state index in [2.05, 4.69) is 22.0 Å². The standard InChI is InChI=1S/C27H24N4O3S/c1-17-8-6-11-20(14-17)30-23(32)16-35-27-21(15-28)25(22-12-7-13-34-22)24(18(2)29-27)26(33)31-19-9-4-3-5-10-19/h3-14,25,29H,16H2,1-2H3,(H,30,32)(H,31,33). The van der Waals surface area contributed by atoms with Crippen molar-refractivity contribution in [1.29, 1.82) is 5.26 Å². The molecule has 0 bridgehead atoms. The second-order valence-electron chi connectivity index (χ2n) is 7.99. The maximum absolute atomic E-state index is 13.3. The predicted octanol–water partition coefficient (Wildman–Crippen LogP) is 5.29. The zero-order valence-corrected chi connectivity index (χ0v) is 20.1. The molecule has 1 unspecified atom stereocenters. The van der Waals surface area contributed by atoms with Crippen LogP contribution in [0.15, 0.2) is 99.3 Å². The van der Waals surface area contributed by atoms with Crippen LogP contribution in [0.25, 0.3) is 0 Å². The van der Waals surface area contributed by atoms with E-state index in [1.807, 2.05) is 49.4 Å². The minimum atomic E-state index is -0.706. The number of benzene rings is 2. The van der Waals surface area contributed by atoms with E-state index in [1.54, 1.807) is 31.2 Å². The molecule has 0 spiro atoms. The Hall–Kier alpha value is -4.22. The molecule has 2 aromatic carbocycles. The molecule has 1 aromatic heterocycles. The van der Waals surface area contributed by atoms with Crippen molar-refractivity contribution in [3.05, 3.63) is 106 Å². The average Bonchev–Trinajstić information content (AvgIpc) is 3.37. The lowest BCUT2D eigenvalue weighted by atomic mass is 9.85. The number of carbonyl (C=O) groups is 2. The minimum Gasteiger partial charge on any atom is -0.468 e. The van der Waals surface area contributed by atoms with Gasteiger partial charge in [-0.2, -0.15) is 5.26 Å². The largest absolute Gasteiger partial charge is 0.468 e. The highest BCUT2D eigenvalue weighted by Gasteiger charge is 2.36. The normalized spacial score (nSPS) is 15.3. The first-order valence-corrected chi connectivity index (χ1v) is 12.0. The Morgan fingerprint density at radius 3 is 2.49 bits per heavy atom. The van der Waals surface area contributed by atoms with Crippen LogP contribution < -0.4 is 16.0 Å². The first kappa shape index (κ1) is 23.9. The number of thioether (sulfide) groups is 1. The lowest BCUT2D eigenvalue weighted by Gasteiger charge is -2.28. The molecule has 0 aliphatic carbocycles. The molecule has 0 saturated heterocycles. The molecule has 176 valence electrons. The van der Waals surface area contributed by atoms with E-state index in [9.17, 15) is 14.9 Å². The van der Waals surface area contributed by atoms with Crippen LogP contribution in [0, 0.1) is 18.3 Å². The van der Waals surface area contributed by atoms with Gasteiger partial charge >= 0.3 is 0 Å². The summed E-state index contributed by atoms with van der Waals surface area (Å²) >= 11 is 1.21. The Morgan fingerprint density at radius 1 is 1.03 bits per heavy atom. The van der Waals surface area contributed by atoms with Crippen molar-refractivity contribution in [1.82, 2.24) is 5.32 Å². The summed E-state index contributed by atoms with van der Waals surface area (Å²) in [4.78, 5) is 25.9. The number of furan rings is 1. The molecule has 35 heavy (non-hydrogen) atoms. The Morgan fingerprint density at radius 2 is 1.80 bits per heavy atom. The Balaban J connectivity index is 1.58. The SMILES string of the molecule is CC1=C(C(=O)Nc2ccccc2)C(c2ccco2)C(C#N)=C(SCC(=O)Nc2cccc(C)c2)N1. The van der Waals surface area contributed by atoms with Crippen molar-refractivity contribution >= 4 is 35.0 Å². The molecule has 1 aliphatic heterocycles. The number of amides is 2. The third kappa shape index (κ3) is 5.65. The van der Waals surface area contributed by atoms with Gasteiger partial charge in [-0.3, -0.25) is 9.59 Å². The molecule has 3 N–H and O–H groups in total. The van der Waals surface area contributed by atoms with E-state index in [-0.39, 0.29) is 17.6 Å². The summed E-state index contributed by atoms with van der Waals surface area (Å²) in [6.45, 7) is 3.73. The van der Waals surface area contributed by atoms with Crippen molar-refractivity contribution in [2.24, 2.45) is 0 Å². The molecule has 8 heteroatoms. The first-order chi connectivity index (χ1) is 17.0. The van der Waals surface area contributed by atoms with Gasteiger partial charge in [0, 0.05) is 17.1 Å². The zero-order valence-electron chi connectivity index (χ0n) is 19.3. The van der Waals surface area contributed by atoms with Gasteiger partial charge in [-0.1, -0.05) is 42.1 Å². The smallest absolute Gasteiger partial charge is 0.254 e. The Labute approximate surface area is 207 Å². The molecular weight excluding hydrogens is 460 g/mol. The number of allylic oxidation sites excluding steroid dienone is 2. The lowest BCUT2D eigenvalue weighted by molar-refractivity contribution is -0.114. The summed E-state index contributed by atoms with van der Waals surface area (Å²) in [5, 5.41) is 19.5.